The molecule has 3 rings (SSSR count). The van der Waals surface area contributed by atoms with Crippen LogP contribution < -0.4 is 10.1 Å². The van der Waals surface area contributed by atoms with Crippen LogP contribution in [0.4, 0.5) is 0 Å². The summed E-state index contributed by atoms with van der Waals surface area (Å²) in [6.07, 6.45) is 8.93. The van der Waals surface area contributed by atoms with Gasteiger partial charge in [-0.25, -0.2) is 0 Å². The number of hydrogen-bond acceptors (Lipinski definition) is 2. The van der Waals surface area contributed by atoms with Crippen LogP contribution in [0.3, 0.4) is 0 Å². The van der Waals surface area contributed by atoms with Crippen molar-refractivity contribution in [2.45, 2.75) is 51.0 Å². The number of nitrogens with one attached hydrogen (secondary N) is 1. The largest absolute Gasteiger partial charge is 0.494 e. The average Bonchev–Trinajstić information content (AvgIpc) is 3.09. The van der Waals surface area contributed by atoms with Gasteiger partial charge < -0.3 is 10.1 Å². The molecule has 0 heterocycles. The number of benzene rings is 1. The van der Waals surface area contributed by atoms with Crippen molar-refractivity contribution in [2.24, 2.45) is 0 Å². The molecule has 1 N–H and O–H groups in total. The molecule has 2 heteroatoms. The molecule has 2 nitrogen and oxygen atoms in total. The summed E-state index contributed by atoms with van der Waals surface area (Å²) in [5.41, 5.74) is 3.03. The van der Waals surface area contributed by atoms with E-state index in [1.807, 2.05) is 0 Å². The second kappa shape index (κ2) is 5.75. The van der Waals surface area contributed by atoms with Crippen molar-refractivity contribution in [2.75, 3.05) is 13.2 Å². The van der Waals surface area contributed by atoms with Crippen LogP contribution in [-0.4, -0.2) is 19.2 Å². The minimum Gasteiger partial charge on any atom is -0.494 e. The van der Waals surface area contributed by atoms with Crippen molar-refractivity contribution in [3.63, 3.8) is 0 Å². The SMILES string of the molecule is c1cc2c(cc1OCCCCNC1CC1)CCC2. The lowest BCUT2D eigenvalue weighted by molar-refractivity contribution is 0.305. The van der Waals surface area contributed by atoms with Crippen molar-refractivity contribution in [3.05, 3.63) is 29.3 Å². The van der Waals surface area contributed by atoms with Gasteiger partial charge in [-0.2, -0.15) is 0 Å². The fourth-order valence-corrected chi connectivity index (χ4v) is 2.65. The van der Waals surface area contributed by atoms with Crippen LogP contribution in [0.1, 0.15) is 43.2 Å². The number of aryl methyl sites for hydroxylation is 2. The smallest absolute Gasteiger partial charge is 0.119 e. The Kier molecular flexibility index (Phi) is 3.84. The van der Waals surface area contributed by atoms with Crippen LogP contribution in [0.5, 0.6) is 5.75 Å². The third-order valence-electron chi connectivity index (χ3n) is 3.92. The Morgan fingerprint density at radius 1 is 1.11 bits per heavy atom. The van der Waals surface area contributed by atoms with Crippen molar-refractivity contribution in [3.8, 4) is 5.75 Å². The zero-order valence-electron chi connectivity index (χ0n) is 11.1. The number of unbranched alkanes of at least 4 members (excludes halogenated alkanes) is 1. The van der Waals surface area contributed by atoms with E-state index >= 15 is 0 Å². The van der Waals surface area contributed by atoms with Gasteiger partial charge in [-0.15, -0.1) is 0 Å². The highest BCUT2D eigenvalue weighted by molar-refractivity contribution is 5.38. The fraction of sp³-hybridized carbons (Fsp3) is 0.625. The first-order valence-corrected chi connectivity index (χ1v) is 7.40. The van der Waals surface area contributed by atoms with Gasteiger partial charge in [0.15, 0.2) is 0 Å². The summed E-state index contributed by atoms with van der Waals surface area (Å²) < 4.78 is 5.83. The minimum atomic E-state index is 0.836. The maximum absolute atomic E-state index is 5.83. The molecule has 2 aliphatic rings. The maximum atomic E-state index is 5.83. The lowest BCUT2D eigenvalue weighted by atomic mass is 10.1. The predicted molar refractivity (Wildman–Crippen MR) is 74.2 cm³/mol. The molecule has 0 saturated heterocycles. The van der Waals surface area contributed by atoms with Crippen LogP contribution in [0.25, 0.3) is 0 Å². The van der Waals surface area contributed by atoms with E-state index in [0.717, 1.165) is 31.4 Å². The Balaban J connectivity index is 1.34. The van der Waals surface area contributed by atoms with Gasteiger partial charge >= 0.3 is 0 Å². The molecular formula is C16H23NO. The summed E-state index contributed by atoms with van der Waals surface area (Å²) in [6.45, 7) is 2.00. The highest BCUT2D eigenvalue weighted by Gasteiger charge is 2.19. The Labute approximate surface area is 110 Å². The molecule has 1 fully saturated rings. The molecule has 1 aromatic carbocycles. The normalized spacial score (nSPS) is 17.8. The average molecular weight is 245 g/mol. The van der Waals surface area contributed by atoms with E-state index < -0.39 is 0 Å². The van der Waals surface area contributed by atoms with E-state index in [1.165, 1.54) is 49.7 Å². The molecule has 1 aromatic rings. The van der Waals surface area contributed by atoms with E-state index in [4.69, 9.17) is 4.74 Å². The van der Waals surface area contributed by atoms with Crippen molar-refractivity contribution in [1.82, 2.24) is 5.32 Å². The molecule has 0 aromatic heterocycles. The van der Waals surface area contributed by atoms with Crippen LogP contribution in [0.2, 0.25) is 0 Å². The molecule has 98 valence electrons. The Hall–Kier alpha value is -1.02. The third-order valence-corrected chi connectivity index (χ3v) is 3.92. The van der Waals surface area contributed by atoms with Crippen LogP contribution in [0.15, 0.2) is 18.2 Å². The quantitative estimate of drug-likeness (QED) is 0.745. The summed E-state index contributed by atoms with van der Waals surface area (Å²) in [5.74, 6) is 1.06. The Morgan fingerprint density at radius 2 is 2.00 bits per heavy atom. The lowest BCUT2D eigenvalue weighted by Gasteiger charge is -2.08. The van der Waals surface area contributed by atoms with Gasteiger partial charge in [0.05, 0.1) is 6.61 Å². The monoisotopic (exact) mass is 245 g/mol. The summed E-state index contributed by atoms with van der Waals surface area (Å²) in [5, 5.41) is 3.53. The summed E-state index contributed by atoms with van der Waals surface area (Å²) in [4.78, 5) is 0. The zero-order chi connectivity index (χ0) is 12.2. The molecular weight excluding hydrogens is 222 g/mol. The first kappa shape index (κ1) is 12.0. The van der Waals surface area contributed by atoms with Gasteiger partial charge in [0, 0.05) is 6.04 Å². The van der Waals surface area contributed by atoms with Crippen molar-refractivity contribution < 1.29 is 4.74 Å². The van der Waals surface area contributed by atoms with E-state index in [0.29, 0.717) is 0 Å². The molecule has 0 atom stereocenters. The number of rotatable bonds is 7. The summed E-state index contributed by atoms with van der Waals surface area (Å²) in [7, 11) is 0. The van der Waals surface area contributed by atoms with Crippen molar-refractivity contribution >= 4 is 0 Å². The van der Waals surface area contributed by atoms with Crippen LogP contribution in [0, 0.1) is 0 Å². The topological polar surface area (TPSA) is 21.3 Å². The van der Waals surface area contributed by atoms with E-state index in [1.54, 1.807) is 0 Å². The van der Waals surface area contributed by atoms with Gasteiger partial charge in [0.1, 0.15) is 5.75 Å². The standard InChI is InChI=1S/C16H23NO/c1(10-17-15-7-8-15)2-11-18-16-9-6-13-4-3-5-14(13)12-16/h6,9,12,15,17H,1-5,7-8,10-11H2. The van der Waals surface area contributed by atoms with Gasteiger partial charge in [-0.05, 0) is 74.8 Å². The van der Waals surface area contributed by atoms with E-state index in [2.05, 4.69) is 23.5 Å². The molecule has 0 bridgehead atoms. The lowest BCUT2D eigenvalue weighted by Crippen LogP contribution is -2.17. The van der Waals surface area contributed by atoms with Gasteiger partial charge in [0.2, 0.25) is 0 Å². The molecule has 18 heavy (non-hydrogen) atoms. The molecule has 0 aliphatic heterocycles. The van der Waals surface area contributed by atoms with Gasteiger partial charge in [0.25, 0.3) is 0 Å². The van der Waals surface area contributed by atoms with Crippen LogP contribution in [-0.2, 0) is 12.8 Å². The highest BCUT2D eigenvalue weighted by atomic mass is 16.5. The van der Waals surface area contributed by atoms with E-state index in [9.17, 15) is 0 Å². The van der Waals surface area contributed by atoms with Crippen molar-refractivity contribution in [1.29, 1.82) is 0 Å². The first-order valence-electron chi connectivity index (χ1n) is 7.40. The molecule has 0 radical (unpaired) electrons. The predicted octanol–water partition coefficient (Wildman–Crippen LogP) is 3.09. The summed E-state index contributed by atoms with van der Waals surface area (Å²) in [6, 6.07) is 7.45. The Bertz CT molecular complexity index is 398. The first-order chi connectivity index (χ1) is 8.92. The zero-order valence-corrected chi connectivity index (χ0v) is 11.1. The van der Waals surface area contributed by atoms with Gasteiger partial charge in [-0.1, -0.05) is 6.07 Å². The number of fused-ring (bicyclic) bond motifs is 1. The number of ether oxygens (including phenoxy) is 1. The second-order valence-electron chi connectivity index (χ2n) is 5.57. The second-order valence-corrected chi connectivity index (χ2v) is 5.57. The fourth-order valence-electron chi connectivity index (χ4n) is 2.65. The summed E-state index contributed by atoms with van der Waals surface area (Å²) >= 11 is 0. The minimum absolute atomic E-state index is 0.836. The molecule has 0 spiro atoms. The van der Waals surface area contributed by atoms with E-state index in [-0.39, 0.29) is 0 Å². The highest BCUT2D eigenvalue weighted by Crippen LogP contribution is 2.26. The third kappa shape index (κ3) is 3.26. The van der Waals surface area contributed by atoms with Gasteiger partial charge in [-0.3, -0.25) is 0 Å². The molecule has 2 aliphatic carbocycles. The maximum Gasteiger partial charge on any atom is 0.119 e. The molecule has 1 saturated carbocycles. The molecule has 0 amide bonds. The van der Waals surface area contributed by atoms with Crippen LogP contribution >= 0.6 is 0 Å². The Morgan fingerprint density at radius 3 is 2.89 bits per heavy atom. The molecule has 0 unspecified atom stereocenters. The number of hydrogen-bond donors (Lipinski definition) is 1.